The highest BCUT2D eigenvalue weighted by Gasteiger charge is 2.77. The van der Waals surface area contributed by atoms with E-state index in [0.717, 1.165) is 0 Å². The second kappa shape index (κ2) is 9.94. The Morgan fingerprint density at radius 3 is 1.78 bits per heavy atom. The van der Waals surface area contributed by atoms with Crippen molar-refractivity contribution in [3.05, 3.63) is 12.3 Å². The van der Waals surface area contributed by atoms with Gasteiger partial charge in [0.2, 0.25) is 6.29 Å². The lowest BCUT2D eigenvalue weighted by Crippen LogP contribution is -2.61. The number of epoxide rings is 1. The van der Waals surface area contributed by atoms with E-state index in [9.17, 15) is 46.0 Å². The minimum Gasteiger partial charge on any atom is -0.472 e. The molecule has 1 saturated carbocycles. The smallest absolute Gasteiger partial charge is 0.208 e. The largest absolute Gasteiger partial charge is 0.472 e. The van der Waals surface area contributed by atoms with Crippen LogP contribution in [0, 0.1) is 11.8 Å². The molecule has 0 aromatic rings. The molecule has 1 aliphatic carbocycles. The van der Waals surface area contributed by atoms with Gasteiger partial charge in [0.15, 0.2) is 12.6 Å². The highest BCUT2D eigenvalue weighted by atomic mass is 16.8. The third-order valence-corrected chi connectivity index (χ3v) is 7.74. The molecule has 206 valence electrons. The molecule has 0 aromatic carbocycles. The molecule has 4 fully saturated rings. The molecule has 3 saturated heterocycles. The lowest BCUT2D eigenvalue weighted by molar-refractivity contribution is -0.347. The number of rotatable bonds is 7. The number of fused-ring (bicyclic) bond motifs is 3. The molecular weight excluding hydrogens is 492 g/mol. The molecular formula is C21H32O15. The number of aliphatic hydroxyl groups is 9. The van der Waals surface area contributed by atoms with Crippen molar-refractivity contribution in [3.8, 4) is 0 Å². The molecule has 16 atom stereocenters. The van der Waals surface area contributed by atoms with Crippen LogP contribution < -0.4 is 0 Å². The van der Waals surface area contributed by atoms with Crippen LogP contribution in [0.2, 0.25) is 0 Å². The first-order valence-electron chi connectivity index (χ1n) is 11.7. The van der Waals surface area contributed by atoms with Gasteiger partial charge in [0.1, 0.15) is 60.5 Å². The standard InChI is InChI=1S/C21H32O15/c22-3-7-10(25)12(27)14(29)19(32-7)34-16-6-1-2-31-18(9(6)21(5-24)17(16)36-21)35-20-15(30)13(28)11(26)8(4-23)33-20/h1-2,6-20,22-30H,3-5H2/t6-,7-,8-,9-,10+,11-,12+,13-,14-,15-,16+,17?,18+,19+,20+,21?/m1/s1. The Bertz CT molecular complexity index is 810. The molecule has 0 spiro atoms. The van der Waals surface area contributed by atoms with Gasteiger partial charge in [-0.2, -0.15) is 0 Å². The van der Waals surface area contributed by atoms with Crippen molar-refractivity contribution < 1.29 is 74.4 Å². The highest BCUT2D eigenvalue weighted by Crippen LogP contribution is 2.61. The number of aliphatic hydroxyl groups excluding tert-OH is 9. The Labute approximate surface area is 204 Å². The third kappa shape index (κ3) is 4.07. The minimum absolute atomic E-state index is 0.473. The number of hydrogen-bond acceptors (Lipinski definition) is 15. The van der Waals surface area contributed by atoms with E-state index in [1.165, 1.54) is 6.26 Å². The zero-order valence-corrected chi connectivity index (χ0v) is 18.9. The maximum Gasteiger partial charge on any atom is 0.208 e. The summed E-state index contributed by atoms with van der Waals surface area (Å²) in [6.45, 7) is -1.76. The maximum absolute atomic E-state index is 10.4. The van der Waals surface area contributed by atoms with Crippen LogP contribution in [0.3, 0.4) is 0 Å². The van der Waals surface area contributed by atoms with Crippen molar-refractivity contribution in [1.82, 2.24) is 0 Å². The Kier molecular flexibility index (Phi) is 7.34. The highest BCUT2D eigenvalue weighted by molar-refractivity contribution is 5.25. The van der Waals surface area contributed by atoms with E-state index < -0.39 is 117 Å². The zero-order valence-electron chi connectivity index (χ0n) is 18.9. The summed E-state index contributed by atoms with van der Waals surface area (Å²) in [6, 6.07) is 0. The lowest BCUT2D eigenvalue weighted by atomic mass is 9.85. The van der Waals surface area contributed by atoms with E-state index in [4.69, 9.17) is 28.4 Å². The van der Waals surface area contributed by atoms with Gasteiger partial charge in [-0.25, -0.2) is 0 Å². The predicted molar refractivity (Wildman–Crippen MR) is 109 cm³/mol. The van der Waals surface area contributed by atoms with Crippen LogP contribution in [0.1, 0.15) is 0 Å². The van der Waals surface area contributed by atoms with Crippen molar-refractivity contribution in [2.24, 2.45) is 11.8 Å². The Hall–Kier alpha value is -1.02. The fourth-order valence-electron chi connectivity index (χ4n) is 5.64. The first-order chi connectivity index (χ1) is 17.2. The molecule has 0 amide bonds. The van der Waals surface area contributed by atoms with E-state index >= 15 is 0 Å². The number of hydrogen-bond donors (Lipinski definition) is 9. The summed E-state index contributed by atoms with van der Waals surface area (Å²) >= 11 is 0. The quantitative estimate of drug-likeness (QED) is 0.141. The lowest BCUT2D eigenvalue weighted by Gasteiger charge is -2.44. The first kappa shape index (κ1) is 26.6. The maximum atomic E-state index is 10.4. The predicted octanol–water partition coefficient (Wildman–Crippen LogP) is -5.77. The van der Waals surface area contributed by atoms with Gasteiger partial charge < -0.3 is 74.4 Å². The molecule has 2 unspecified atom stereocenters. The molecule has 4 heterocycles. The van der Waals surface area contributed by atoms with E-state index in [0.29, 0.717) is 0 Å². The van der Waals surface area contributed by atoms with Crippen molar-refractivity contribution >= 4 is 0 Å². The van der Waals surface area contributed by atoms with Crippen LogP contribution in [0.25, 0.3) is 0 Å². The zero-order chi connectivity index (χ0) is 25.9. The van der Waals surface area contributed by atoms with Crippen LogP contribution in [0.4, 0.5) is 0 Å². The van der Waals surface area contributed by atoms with Gasteiger partial charge >= 0.3 is 0 Å². The Morgan fingerprint density at radius 1 is 0.694 bits per heavy atom. The summed E-state index contributed by atoms with van der Waals surface area (Å²) in [5, 5.41) is 89.9. The third-order valence-electron chi connectivity index (χ3n) is 7.74. The molecule has 15 heteroatoms. The summed E-state index contributed by atoms with van der Waals surface area (Å²) in [5.74, 6) is -1.29. The van der Waals surface area contributed by atoms with Crippen LogP contribution in [-0.4, -0.2) is 151 Å². The normalized spacial score (nSPS) is 56.1. The average Bonchev–Trinajstić information content (AvgIpc) is 3.56. The molecule has 0 aromatic heterocycles. The van der Waals surface area contributed by atoms with E-state index in [-0.39, 0.29) is 0 Å². The molecule has 9 N–H and O–H groups in total. The van der Waals surface area contributed by atoms with Gasteiger partial charge in [-0.3, -0.25) is 0 Å². The van der Waals surface area contributed by atoms with Crippen LogP contribution >= 0.6 is 0 Å². The molecule has 36 heavy (non-hydrogen) atoms. The van der Waals surface area contributed by atoms with Gasteiger partial charge in [0.05, 0.1) is 38.1 Å². The second-order valence-corrected chi connectivity index (χ2v) is 9.72. The molecule has 5 rings (SSSR count). The SMILES string of the molecule is OC[C@H]1O[C@@H](O[C@@H]2C3OC3(CO)[C@H]3[C@H](O[C@@H]4O[C@H](CO)[C@@H](O)[C@@H](O)[C@H]4O)OC=C[C@H]32)[C@H](O)[C@@H](O)[C@H]1O. The fourth-order valence-corrected chi connectivity index (χ4v) is 5.64. The van der Waals surface area contributed by atoms with Gasteiger partial charge in [-0.15, -0.1) is 0 Å². The topological polar surface area (TPSA) is 241 Å². The van der Waals surface area contributed by atoms with E-state index in [2.05, 4.69) is 0 Å². The van der Waals surface area contributed by atoms with E-state index in [1.54, 1.807) is 6.08 Å². The summed E-state index contributed by atoms with van der Waals surface area (Å²) < 4.78 is 34.0. The first-order valence-corrected chi connectivity index (χ1v) is 11.7. The van der Waals surface area contributed by atoms with Gasteiger partial charge in [0.25, 0.3) is 0 Å². The van der Waals surface area contributed by atoms with Crippen molar-refractivity contribution in [2.75, 3.05) is 19.8 Å². The van der Waals surface area contributed by atoms with Crippen molar-refractivity contribution in [3.63, 3.8) is 0 Å². The average molecular weight is 524 g/mol. The molecule has 5 aliphatic rings. The number of ether oxygens (including phenoxy) is 6. The van der Waals surface area contributed by atoms with Crippen molar-refractivity contribution in [2.45, 2.75) is 85.5 Å². The minimum atomic E-state index is -1.68. The van der Waals surface area contributed by atoms with E-state index in [1.807, 2.05) is 0 Å². The fraction of sp³-hybridized carbons (Fsp3) is 0.905. The van der Waals surface area contributed by atoms with Gasteiger partial charge in [-0.05, 0) is 6.08 Å². The summed E-state index contributed by atoms with van der Waals surface area (Å²) in [7, 11) is 0. The van der Waals surface area contributed by atoms with Crippen LogP contribution in [-0.2, 0) is 28.4 Å². The monoisotopic (exact) mass is 524 g/mol. The molecule has 0 radical (unpaired) electrons. The van der Waals surface area contributed by atoms with Gasteiger partial charge in [0, 0.05) is 5.92 Å². The van der Waals surface area contributed by atoms with Crippen molar-refractivity contribution in [1.29, 1.82) is 0 Å². The summed E-state index contributed by atoms with van der Waals surface area (Å²) in [4.78, 5) is 0. The van der Waals surface area contributed by atoms with Crippen LogP contribution in [0.5, 0.6) is 0 Å². The summed E-state index contributed by atoms with van der Waals surface area (Å²) in [6.07, 6.45) is -14.9. The van der Waals surface area contributed by atoms with Gasteiger partial charge in [-0.1, -0.05) is 0 Å². The molecule has 15 nitrogen and oxygen atoms in total. The Morgan fingerprint density at radius 2 is 1.25 bits per heavy atom. The second-order valence-electron chi connectivity index (χ2n) is 9.72. The van der Waals surface area contributed by atoms with Crippen LogP contribution in [0.15, 0.2) is 12.3 Å². The Balaban J connectivity index is 1.34. The molecule has 4 aliphatic heterocycles. The summed E-state index contributed by atoms with van der Waals surface area (Å²) in [5.41, 5.74) is -1.20. The molecule has 0 bridgehead atoms.